The molecule has 0 N–H and O–H groups in total. The summed E-state index contributed by atoms with van der Waals surface area (Å²) in [6, 6.07) is 39.3. The van der Waals surface area contributed by atoms with Gasteiger partial charge in [0, 0.05) is 48.0 Å². The number of hydrogen-bond donors (Lipinski definition) is 0. The predicted octanol–water partition coefficient (Wildman–Crippen LogP) is 11.5. The molecule has 1 aliphatic rings. The first-order valence-electron chi connectivity index (χ1n) is 15.7. The highest BCUT2D eigenvalue weighted by Gasteiger charge is 2.19. The normalized spacial score (nSPS) is 11.2. The number of hydrogen-bond acceptors (Lipinski definition) is 5. The number of benzene rings is 4. The second kappa shape index (κ2) is 14.6. The van der Waals surface area contributed by atoms with Gasteiger partial charge in [-0.3, -0.25) is 4.40 Å². The van der Waals surface area contributed by atoms with Gasteiger partial charge in [-0.15, -0.1) is 9.97 Å². The van der Waals surface area contributed by atoms with Gasteiger partial charge in [0.05, 0.1) is 11.0 Å². The maximum absolute atomic E-state index is 9.32. The van der Waals surface area contributed by atoms with Crippen molar-refractivity contribution >= 4 is 99.3 Å². The predicted molar refractivity (Wildman–Crippen MR) is 211 cm³/mol. The molecule has 0 bridgehead atoms. The molecule has 11 heteroatoms. The van der Waals surface area contributed by atoms with E-state index in [1.807, 2.05) is 52.9 Å². The average Bonchev–Trinajstić information content (AvgIpc) is 3.82. The van der Waals surface area contributed by atoms with Crippen molar-refractivity contribution < 1.29 is 0 Å². The van der Waals surface area contributed by atoms with Crippen LogP contribution in [0.15, 0.2) is 118 Å². The van der Waals surface area contributed by atoms with Gasteiger partial charge in [0.25, 0.3) is 26.5 Å². The molecule has 0 spiro atoms. The van der Waals surface area contributed by atoms with E-state index in [-0.39, 0.29) is 23.1 Å². The van der Waals surface area contributed by atoms with Crippen molar-refractivity contribution in [3.63, 3.8) is 0 Å². The van der Waals surface area contributed by atoms with E-state index in [0.717, 1.165) is 33.6 Å². The molecule has 0 fully saturated rings. The van der Waals surface area contributed by atoms with Crippen LogP contribution in [0.2, 0.25) is 0 Å². The average molecular weight is 799 g/mol. The monoisotopic (exact) mass is 797 g/mol. The minimum absolute atomic E-state index is 0.0140. The smallest absolute Gasteiger partial charge is 0.308 e. The molecule has 9 nitrogen and oxygen atoms in total. The fraction of sp³-hybridized carbons (Fsp3) is 0.0244. The summed E-state index contributed by atoms with van der Waals surface area (Å²) in [7, 11) is 0. The van der Waals surface area contributed by atoms with Crippen molar-refractivity contribution in [2.24, 2.45) is 0 Å². The van der Waals surface area contributed by atoms with E-state index < -0.39 is 0 Å². The highest BCUT2D eigenvalue weighted by Crippen LogP contribution is 2.34. The summed E-state index contributed by atoms with van der Waals surface area (Å²) in [6.45, 7) is 20.7. The van der Waals surface area contributed by atoms with E-state index in [4.69, 9.17) is 19.7 Å². The van der Waals surface area contributed by atoms with Crippen LogP contribution in [0.25, 0.3) is 64.5 Å². The number of nitriles is 1. The number of para-hydroxylation sites is 1. The van der Waals surface area contributed by atoms with Gasteiger partial charge in [-0.1, -0.05) is 128 Å². The van der Waals surface area contributed by atoms with E-state index in [1.54, 1.807) is 0 Å². The SMILES string of the molecule is C1=C(c2ccccc2)Cc2ccccc21.[C-]#[N+]c1nc(Br)c(Br)nc1[N+]#[C-].[C-]#[N+]c1nc2c(nc1C#N)c1ccccc1c1cc3ccccc3n12. The molecule has 0 saturated carbocycles. The van der Waals surface area contributed by atoms with E-state index in [0.29, 0.717) is 20.4 Å². The molecule has 1 aliphatic carbocycles. The molecular weight excluding hydrogens is 778 g/mol. The lowest BCUT2D eigenvalue weighted by molar-refractivity contribution is 1.16. The Balaban J connectivity index is 0.000000133. The van der Waals surface area contributed by atoms with E-state index in [2.05, 4.69) is 139 Å². The molecule has 0 aliphatic heterocycles. The Labute approximate surface area is 314 Å². The third kappa shape index (κ3) is 6.35. The van der Waals surface area contributed by atoms with Gasteiger partial charge in [0.2, 0.25) is 0 Å². The molecule has 0 unspecified atom stereocenters. The highest BCUT2D eigenvalue weighted by atomic mass is 79.9. The van der Waals surface area contributed by atoms with Crippen LogP contribution in [-0.2, 0) is 6.42 Å². The number of allylic oxidation sites excluding steroid dienone is 1. The minimum Gasteiger partial charge on any atom is -0.370 e. The Kier molecular flexibility index (Phi) is 9.48. The largest absolute Gasteiger partial charge is 0.370 e. The summed E-state index contributed by atoms with van der Waals surface area (Å²) in [5, 5.41) is 12.4. The van der Waals surface area contributed by atoms with Crippen molar-refractivity contribution in [2.45, 2.75) is 6.42 Å². The number of nitrogens with zero attached hydrogens (tertiary/aromatic N) is 9. The van der Waals surface area contributed by atoms with Gasteiger partial charge in [-0.25, -0.2) is 4.98 Å². The Morgan fingerprint density at radius 2 is 1.27 bits per heavy atom. The van der Waals surface area contributed by atoms with Crippen LogP contribution in [0.4, 0.5) is 17.5 Å². The van der Waals surface area contributed by atoms with Crippen LogP contribution in [-0.4, -0.2) is 24.3 Å². The molecule has 4 heterocycles. The van der Waals surface area contributed by atoms with Gasteiger partial charge in [0.1, 0.15) is 11.6 Å². The van der Waals surface area contributed by atoms with Crippen LogP contribution >= 0.6 is 31.9 Å². The Morgan fingerprint density at radius 3 is 1.94 bits per heavy atom. The summed E-state index contributed by atoms with van der Waals surface area (Å²) >= 11 is 6.17. The zero-order valence-corrected chi connectivity index (χ0v) is 30.1. The molecule has 4 aromatic heterocycles. The second-order valence-electron chi connectivity index (χ2n) is 11.3. The highest BCUT2D eigenvalue weighted by molar-refractivity contribution is 9.13. The second-order valence-corrected chi connectivity index (χ2v) is 12.9. The van der Waals surface area contributed by atoms with Crippen molar-refractivity contribution in [1.29, 1.82) is 5.26 Å². The Morgan fingerprint density at radius 1 is 0.654 bits per heavy atom. The molecule has 0 amide bonds. The molecule has 0 atom stereocenters. The van der Waals surface area contributed by atoms with Crippen molar-refractivity contribution in [2.75, 3.05) is 0 Å². The van der Waals surface area contributed by atoms with Crippen LogP contribution in [0.3, 0.4) is 0 Å². The zero-order valence-electron chi connectivity index (χ0n) is 27.0. The molecule has 9 rings (SSSR count). The van der Waals surface area contributed by atoms with E-state index >= 15 is 0 Å². The van der Waals surface area contributed by atoms with Crippen molar-refractivity contribution in [3.8, 4) is 6.07 Å². The van der Waals surface area contributed by atoms with Crippen LogP contribution < -0.4 is 0 Å². The fourth-order valence-corrected chi connectivity index (χ4v) is 6.56. The summed E-state index contributed by atoms with van der Waals surface area (Å²) < 4.78 is 2.89. The first-order valence-corrected chi connectivity index (χ1v) is 17.2. The number of pyridine rings is 1. The first-order chi connectivity index (χ1) is 25.4. The molecule has 52 heavy (non-hydrogen) atoms. The lowest BCUT2D eigenvalue weighted by atomic mass is 10.0. The third-order valence-corrected chi connectivity index (χ3v) is 9.99. The van der Waals surface area contributed by atoms with Crippen molar-refractivity contribution in [3.05, 3.63) is 175 Å². The molecule has 244 valence electrons. The number of halogens is 2. The maximum Gasteiger partial charge on any atom is 0.308 e. The van der Waals surface area contributed by atoms with Gasteiger partial charge in [-0.05, 0) is 40.8 Å². The number of rotatable bonds is 1. The molecular formula is C41H21Br2N9. The Hall–Kier alpha value is -6.76. The summed E-state index contributed by atoms with van der Waals surface area (Å²) in [5.74, 6) is 0.0597. The zero-order chi connectivity index (χ0) is 36.2. The fourth-order valence-electron chi connectivity index (χ4n) is 6.05. The summed E-state index contributed by atoms with van der Waals surface area (Å²) in [5.41, 5.74) is 8.89. The maximum atomic E-state index is 9.32. The lowest BCUT2D eigenvalue weighted by Gasteiger charge is -2.07. The standard InChI is InChI=1S/C20H9N5.C15H12.C6Br2N4/c1-22-19-15(11-21)23-18-14-8-4-3-7-13(14)17-10-12-6-2-5-9-16(12)25(17)20(18)24-19;1-2-6-12(7-3-1)15-10-13-8-4-5-9-14(13)11-15;1-9-5-6(10-2)12-4(8)3(7)11-5/h2-10H;1-10H,11H2;. The quantitative estimate of drug-likeness (QED) is 0.122. The number of aromatic nitrogens is 5. The summed E-state index contributed by atoms with van der Waals surface area (Å²) in [4.78, 5) is 26.1. The molecule has 4 aromatic carbocycles. The number of fused-ring (bicyclic) bond motifs is 9. The molecule has 0 saturated heterocycles. The topological polar surface area (TPSA) is 92.8 Å². The van der Waals surface area contributed by atoms with Crippen LogP contribution in [0.5, 0.6) is 0 Å². The van der Waals surface area contributed by atoms with Crippen molar-refractivity contribution in [1.82, 2.24) is 24.3 Å². The van der Waals surface area contributed by atoms with E-state index in [1.165, 1.54) is 22.3 Å². The third-order valence-electron chi connectivity index (χ3n) is 8.35. The van der Waals surface area contributed by atoms with Gasteiger partial charge in [-0.2, -0.15) is 5.26 Å². The Bertz CT molecular complexity index is 2870. The van der Waals surface area contributed by atoms with Crippen LogP contribution in [0, 0.1) is 31.0 Å². The van der Waals surface area contributed by atoms with Gasteiger partial charge in [0.15, 0.2) is 5.69 Å². The minimum atomic E-state index is 0.0140. The van der Waals surface area contributed by atoms with Gasteiger partial charge < -0.3 is 14.5 Å². The first kappa shape index (κ1) is 33.7. The summed E-state index contributed by atoms with van der Waals surface area (Å²) in [6.07, 6.45) is 3.37. The van der Waals surface area contributed by atoms with Gasteiger partial charge >= 0.3 is 5.82 Å². The lowest BCUT2D eigenvalue weighted by Crippen LogP contribution is -1.98. The molecule has 0 radical (unpaired) electrons. The van der Waals surface area contributed by atoms with E-state index in [9.17, 15) is 5.26 Å². The van der Waals surface area contributed by atoms with Crippen LogP contribution in [0.1, 0.15) is 22.4 Å². The molecule has 8 aromatic rings.